The normalized spacial score (nSPS) is 13.1. The number of nitrogens with one attached hydrogen (secondary N) is 1. The van der Waals surface area contributed by atoms with Gasteiger partial charge in [0.05, 0.1) is 12.6 Å². The molecular weight excluding hydrogens is 334 g/mol. The highest BCUT2D eigenvalue weighted by Gasteiger charge is 2.09. The summed E-state index contributed by atoms with van der Waals surface area (Å²) in [5, 5.41) is 0. The number of hydroxylamine groups is 1. The average Bonchev–Trinajstić information content (AvgIpc) is 2.16. The summed E-state index contributed by atoms with van der Waals surface area (Å²) in [6.07, 6.45) is 0. The Kier molecular flexibility index (Phi) is 5.97. The van der Waals surface area contributed by atoms with Gasteiger partial charge in [0.2, 0.25) is 0 Å². The fourth-order valence-electron chi connectivity index (χ4n) is 1.26. The van der Waals surface area contributed by atoms with E-state index in [1.807, 2.05) is 12.1 Å². The second-order valence-electron chi connectivity index (χ2n) is 4.21. The summed E-state index contributed by atoms with van der Waals surface area (Å²) in [7, 11) is 0. The molecule has 1 aromatic carbocycles. The summed E-state index contributed by atoms with van der Waals surface area (Å²) in [5.41, 5.74) is 4.23. The molecule has 0 saturated heterocycles. The second kappa shape index (κ2) is 6.74. The van der Waals surface area contributed by atoms with Gasteiger partial charge in [-0.2, -0.15) is 5.48 Å². The molecule has 0 aliphatic heterocycles. The Bertz CT molecular complexity index is 342. The monoisotopic (exact) mass is 349 g/mol. The first kappa shape index (κ1) is 14.2. The fourth-order valence-corrected chi connectivity index (χ4v) is 2.65. The van der Waals surface area contributed by atoms with E-state index >= 15 is 0 Å². The van der Waals surface area contributed by atoms with Crippen molar-refractivity contribution in [3.63, 3.8) is 0 Å². The summed E-state index contributed by atoms with van der Waals surface area (Å²) in [5.74, 6) is 0.535. The highest BCUT2D eigenvalue weighted by Crippen LogP contribution is 2.26. The summed E-state index contributed by atoms with van der Waals surface area (Å²) < 4.78 is 2.15. The van der Waals surface area contributed by atoms with Crippen molar-refractivity contribution in [1.29, 1.82) is 0 Å². The Hall–Kier alpha value is 0.1000. The lowest BCUT2D eigenvalue weighted by Crippen LogP contribution is -2.21. The minimum absolute atomic E-state index is 0.168. The van der Waals surface area contributed by atoms with Crippen LogP contribution in [0.2, 0.25) is 0 Å². The molecule has 0 heterocycles. The van der Waals surface area contributed by atoms with Crippen LogP contribution in [0.15, 0.2) is 27.1 Å². The van der Waals surface area contributed by atoms with Gasteiger partial charge >= 0.3 is 0 Å². The van der Waals surface area contributed by atoms with Crippen LogP contribution in [-0.2, 0) is 4.84 Å². The number of hydrogen-bond donors (Lipinski definition) is 1. The van der Waals surface area contributed by atoms with Gasteiger partial charge in [-0.1, -0.05) is 51.8 Å². The van der Waals surface area contributed by atoms with Crippen LogP contribution in [0.1, 0.15) is 32.4 Å². The molecule has 1 N–H and O–H groups in total. The van der Waals surface area contributed by atoms with E-state index in [2.05, 4.69) is 64.2 Å². The molecule has 4 heteroatoms. The number of rotatable bonds is 5. The summed E-state index contributed by atoms with van der Waals surface area (Å²) >= 11 is 6.98. The maximum atomic E-state index is 5.41. The Morgan fingerprint density at radius 3 is 2.50 bits per heavy atom. The van der Waals surface area contributed by atoms with E-state index in [0.29, 0.717) is 5.92 Å². The quantitative estimate of drug-likeness (QED) is 0.792. The van der Waals surface area contributed by atoms with Gasteiger partial charge in [-0.3, -0.25) is 0 Å². The third kappa shape index (κ3) is 4.53. The zero-order valence-corrected chi connectivity index (χ0v) is 12.9. The SMILES string of the molecule is CC(C)CONC(C)c1ccc(Br)cc1Br. The van der Waals surface area contributed by atoms with E-state index in [-0.39, 0.29) is 6.04 Å². The summed E-state index contributed by atoms with van der Waals surface area (Å²) in [6.45, 7) is 7.05. The third-order valence-electron chi connectivity index (χ3n) is 2.11. The Morgan fingerprint density at radius 2 is 1.94 bits per heavy atom. The predicted octanol–water partition coefficient (Wildman–Crippen LogP) is 4.45. The van der Waals surface area contributed by atoms with Crippen LogP contribution < -0.4 is 5.48 Å². The van der Waals surface area contributed by atoms with Crippen molar-refractivity contribution in [1.82, 2.24) is 5.48 Å². The molecule has 0 aliphatic carbocycles. The van der Waals surface area contributed by atoms with Crippen LogP contribution >= 0.6 is 31.9 Å². The average molecular weight is 351 g/mol. The topological polar surface area (TPSA) is 21.3 Å². The van der Waals surface area contributed by atoms with Crippen LogP contribution in [0, 0.1) is 5.92 Å². The van der Waals surface area contributed by atoms with Crippen LogP contribution in [-0.4, -0.2) is 6.61 Å². The first-order chi connectivity index (χ1) is 7.50. The molecule has 2 nitrogen and oxygen atoms in total. The first-order valence-electron chi connectivity index (χ1n) is 5.33. The van der Waals surface area contributed by atoms with Crippen LogP contribution in [0.5, 0.6) is 0 Å². The molecule has 0 saturated carbocycles. The molecule has 0 bridgehead atoms. The third-order valence-corrected chi connectivity index (χ3v) is 3.29. The second-order valence-corrected chi connectivity index (χ2v) is 5.98. The molecule has 1 aromatic rings. The standard InChI is InChI=1S/C12H17Br2NO/c1-8(2)7-16-15-9(3)11-5-4-10(13)6-12(11)14/h4-6,8-9,15H,7H2,1-3H3. The Morgan fingerprint density at radius 1 is 1.25 bits per heavy atom. The fraction of sp³-hybridized carbons (Fsp3) is 0.500. The smallest absolute Gasteiger partial charge is 0.0705 e. The van der Waals surface area contributed by atoms with Crippen molar-refractivity contribution in [2.24, 2.45) is 5.92 Å². The maximum absolute atomic E-state index is 5.41. The van der Waals surface area contributed by atoms with Crippen molar-refractivity contribution in [2.75, 3.05) is 6.61 Å². The number of hydrogen-bond acceptors (Lipinski definition) is 2. The van der Waals surface area contributed by atoms with Crippen LogP contribution in [0.25, 0.3) is 0 Å². The zero-order chi connectivity index (χ0) is 12.1. The lowest BCUT2D eigenvalue weighted by molar-refractivity contribution is 0.00396. The molecule has 0 aromatic heterocycles. The minimum Gasteiger partial charge on any atom is -0.301 e. The van der Waals surface area contributed by atoms with Crippen molar-refractivity contribution in [3.8, 4) is 0 Å². The molecule has 16 heavy (non-hydrogen) atoms. The Balaban J connectivity index is 2.55. The summed E-state index contributed by atoms with van der Waals surface area (Å²) in [6, 6.07) is 6.31. The lowest BCUT2D eigenvalue weighted by Gasteiger charge is -2.16. The lowest BCUT2D eigenvalue weighted by atomic mass is 10.1. The van der Waals surface area contributed by atoms with E-state index < -0.39 is 0 Å². The van der Waals surface area contributed by atoms with Crippen molar-refractivity contribution in [2.45, 2.75) is 26.8 Å². The Labute approximate surface area is 114 Å². The molecule has 0 spiro atoms. The van der Waals surface area contributed by atoms with E-state index in [4.69, 9.17) is 4.84 Å². The molecule has 0 fully saturated rings. The van der Waals surface area contributed by atoms with Crippen LogP contribution in [0.4, 0.5) is 0 Å². The van der Waals surface area contributed by atoms with Gasteiger partial charge in [-0.15, -0.1) is 0 Å². The highest BCUT2D eigenvalue weighted by atomic mass is 79.9. The van der Waals surface area contributed by atoms with Gasteiger partial charge in [0.1, 0.15) is 0 Å². The van der Waals surface area contributed by atoms with Gasteiger partial charge in [-0.05, 0) is 30.5 Å². The molecule has 1 atom stereocenters. The zero-order valence-electron chi connectivity index (χ0n) is 9.76. The van der Waals surface area contributed by atoms with Gasteiger partial charge in [0.15, 0.2) is 0 Å². The molecule has 1 rings (SSSR count). The molecule has 90 valence electrons. The van der Waals surface area contributed by atoms with Gasteiger partial charge in [0.25, 0.3) is 0 Å². The highest BCUT2D eigenvalue weighted by molar-refractivity contribution is 9.11. The van der Waals surface area contributed by atoms with Crippen molar-refractivity contribution in [3.05, 3.63) is 32.7 Å². The first-order valence-corrected chi connectivity index (χ1v) is 6.91. The minimum atomic E-state index is 0.168. The van der Waals surface area contributed by atoms with Gasteiger partial charge < -0.3 is 4.84 Å². The largest absolute Gasteiger partial charge is 0.301 e. The van der Waals surface area contributed by atoms with E-state index in [1.165, 1.54) is 5.56 Å². The molecule has 0 radical (unpaired) electrons. The number of benzene rings is 1. The molecule has 0 aliphatic rings. The molecule has 1 unspecified atom stereocenters. The van der Waals surface area contributed by atoms with Gasteiger partial charge in [-0.25, -0.2) is 0 Å². The maximum Gasteiger partial charge on any atom is 0.0705 e. The predicted molar refractivity (Wildman–Crippen MR) is 74.2 cm³/mol. The van der Waals surface area contributed by atoms with E-state index in [9.17, 15) is 0 Å². The van der Waals surface area contributed by atoms with Crippen LogP contribution in [0.3, 0.4) is 0 Å². The van der Waals surface area contributed by atoms with Gasteiger partial charge in [0, 0.05) is 8.95 Å². The number of halogens is 2. The van der Waals surface area contributed by atoms with E-state index in [1.54, 1.807) is 0 Å². The molecular formula is C12H17Br2NO. The summed E-state index contributed by atoms with van der Waals surface area (Å²) in [4.78, 5) is 5.41. The van der Waals surface area contributed by atoms with E-state index in [0.717, 1.165) is 15.6 Å². The van der Waals surface area contributed by atoms with Crippen molar-refractivity contribution < 1.29 is 4.84 Å². The van der Waals surface area contributed by atoms with Crippen molar-refractivity contribution >= 4 is 31.9 Å². The molecule has 0 amide bonds.